The molecule has 0 unspecified atom stereocenters. The van der Waals surface area contributed by atoms with Gasteiger partial charge in [0.15, 0.2) is 11.5 Å². The van der Waals surface area contributed by atoms with E-state index in [1.54, 1.807) is 28.0 Å². The molecule has 0 aliphatic heterocycles. The highest BCUT2D eigenvalue weighted by Gasteiger charge is 2.10. The molecule has 0 aliphatic rings. The molecule has 0 atom stereocenters. The van der Waals surface area contributed by atoms with Crippen molar-refractivity contribution in [3.8, 4) is 11.4 Å². The highest BCUT2D eigenvalue weighted by atomic mass is 32.1. The van der Waals surface area contributed by atoms with Gasteiger partial charge in [0.25, 0.3) is 0 Å². The van der Waals surface area contributed by atoms with Gasteiger partial charge in [-0.05, 0) is 41.3 Å². The van der Waals surface area contributed by atoms with Crippen LogP contribution in [-0.4, -0.2) is 19.8 Å². The quantitative estimate of drug-likeness (QED) is 0.623. The SMILES string of the molecule is Fc1ccc(CNc2ccc3nnc(-c4ccsc4)n3n2)cc1. The fourth-order valence-electron chi connectivity index (χ4n) is 2.25. The van der Waals surface area contributed by atoms with Crippen molar-refractivity contribution in [2.75, 3.05) is 5.32 Å². The Morgan fingerprint density at radius 2 is 1.91 bits per heavy atom. The number of benzene rings is 1. The van der Waals surface area contributed by atoms with Gasteiger partial charge in [-0.2, -0.15) is 15.9 Å². The Balaban J connectivity index is 1.60. The van der Waals surface area contributed by atoms with E-state index < -0.39 is 0 Å². The fraction of sp³-hybridized carbons (Fsp3) is 0.0625. The molecular weight excluding hydrogens is 313 g/mol. The lowest BCUT2D eigenvalue weighted by Crippen LogP contribution is -2.04. The minimum absolute atomic E-state index is 0.238. The van der Waals surface area contributed by atoms with Crippen molar-refractivity contribution in [3.63, 3.8) is 0 Å². The first-order valence-corrected chi connectivity index (χ1v) is 7.97. The minimum atomic E-state index is -0.238. The van der Waals surface area contributed by atoms with Crippen molar-refractivity contribution in [2.24, 2.45) is 0 Å². The van der Waals surface area contributed by atoms with Crippen molar-refractivity contribution in [3.05, 3.63) is 64.6 Å². The summed E-state index contributed by atoms with van der Waals surface area (Å²) in [5.41, 5.74) is 2.67. The van der Waals surface area contributed by atoms with Crippen LogP contribution in [-0.2, 0) is 6.54 Å². The molecule has 0 saturated heterocycles. The minimum Gasteiger partial charge on any atom is -0.365 e. The smallest absolute Gasteiger partial charge is 0.186 e. The summed E-state index contributed by atoms with van der Waals surface area (Å²) >= 11 is 1.60. The maximum atomic E-state index is 12.9. The second-order valence-electron chi connectivity index (χ2n) is 5.00. The zero-order valence-corrected chi connectivity index (χ0v) is 12.8. The molecule has 4 rings (SSSR count). The van der Waals surface area contributed by atoms with Crippen LogP contribution in [0.5, 0.6) is 0 Å². The first-order chi connectivity index (χ1) is 11.3. The standard InChI is InChI=1S/C16H12FN5S/c17-13-3-1-11(2-4-13)9-18-14-5-6-15-19-20-16(22(15)21-14)12-7-8-23-10-12/h1-8,10H,9H2,(H,18,21). The monoisotopic (exact) mass is 325 g/mol. The Labute approximate surface area is 135 Å². The Hall–Kier alpha value is -2.80. The maximum Gasteiger partial charge on any atom is 0.186 e. The third kappa shape index (κ3) is 2.78. The number of aromatic nitrogens is 4. The summed E-state index contributed by atoms with van der Waals surface area (Å²) in [5, 5.41) is 20.1. The van der Waals surface area contributed by atoms with Gasteiger partial charge in [-0.15, -0.1) is 15.3 Å². The van der Waals surface area contributed by atoms with Crippen molar-refractivity contribution in [2.45, 2.75) is 6.54 Å². The Morgan fingerprint density at radius 3 is 2.70 bits per heavy atom. The van der Waals surface area contributed by atoms with E-state index >= 15 is 0 Å². The van der Waals surface area contributed by atoms with E-state index in [1.165, 1.54) is 12.1 Å². The van der Waals surface area contributed by atoms with Gasteiger partial charge < -0.3 is 5.32 Å². The van der Waals surface area contributed by atoms with Gasteiger partial charge in [0.2, 0.25) is 0 Å². The van der Waals surface area contributed by atoms with Crippen molar-refractivity contribution in [1.82, 2.24) is 19.8 Å². The van der Waals surface area contributed by atoms with Crippen LogP contribution in [0.3, 0.4) is 0 Å². The van der Waals surface area contributed by atoms with E-state index in [-0.39, 0.29) is 5.82 Å². The summed E-state index contributed by atoms with van der Waals surface area (Å²) in [6, 6.07) is 12.1. The number of rotatable bonds is 4. The third-order valence-electron chi connectivity index (χ3n) is 3.43. The number of hydrogen-bond acceptors (Lipinski definition) is 5. The first-order valence-electron chi connectivity index (χ1n) is 7.03. The van der Waals surface area contributed by atoms with Crippen LogP contribution in [0.4, 0.5) is 10.2 Å². The number of nitrogens with one attached hydrogen (secondary N) is 1. The first kappa shape index (κ1) is 13.8. The predicted molar refractivity (Wildman–Crippen MR) is 87.8 cm³/mol. The summed E-state index contributed by atoms with van der Waals surface area (Å²) in [4.78, 5) is 0. The molecule has 0 bridgehead atoms. The van der Waals surface area contributed by atoms with Crippen molar-refractivity contribution in [1.29, 1.82) is 0 Å². The lowest BCUT2D eigenvalue weighted by atomic mass is 10.2. The lowest BCUT2D eigenvalue weighted by molar-refractivity contribution is 0.627. The normalized spacial score (nSPS) is 11.0. The third-order valence-corrected chi connectivity index (χ3v) is 4.11. The molecule has 0 radical (unpaired) electrons. The highest BCUT2D eigenvalue weighted by Crippen LogP contribution is 2.21. The molecule has 1 aromatic carbocycles. The maximum absolute atomic E-state index is 12.9. The molecule has 3 heterocycles. The van der Waals surface area contributed by atoms with Crippen LogP contribution in [0, 0.1) is 5.82 Å². The second kappa shape index (κ2) is 5.77. The average molecular weight is 325 g/mol. The van der Waals surface area contributed by atoms with Crippen LogP contribution in [0.1, 0.15) is 5.56 Å². The summed E-state index contributed by atoms with van der Waals surface area (Å²) in [6.45, 7) is 0.564. The van der Waals surface area contributed by atoms with Gasteiger partial charge in [-0.3, -0.25) is 0 Å². The average Bonchev–Trinajstić information content (AvgIpc) is 3.23. The van der Waals surface area contributed by atoms with E-state index in [0.29, 0.717) is 23.8 Å². The Bertz CT molecular complexity index is 931. The fourth-order valence-corrected chi connectivity index (χ4v) is 2.88. The van der Waals surface area contributed by atoms with Crippen LogP contribution < -0.4 is 5.32 Å². The van der Waals surface area contributed by atoms with Gasteiger partial charge in [0.1, 0.15) is 11.6 Å². The number of halogens is 1. The molecule has 23 heavy (non-hydrogen) atoms. The van der Waals surface area contributed by atoms with Crippen molar-refractivity contribution < 1.29 is 4.39 Å². The van der Waals surface area contributed by atoms with Crippen LogP contribution >= 0.6 is 11.3 Å². The zero-order valence-electron chi connectivity index (χ0n) is 12.0. The number of nitrogens with zero attached hydrogens (tertiary/aromatic N) is 4. The van der Waals surface area contributed by atoms with E-state index in [2.05, 4.69) is 20.6 Å². The molecule has 4 aromatic rings. The van der Waals surface area contributed by atoms with E-state index in [1.807, 2.05) is 29.0 Å². The molecular formula is C16H12FN5S. The molecule has 1 N–H and O–H groups in total. The lowest BCUT2D eigenvalue weighted by Gasteiger charge is -2.06. The van der Waals surface area contributed by atoms with E-state index in [4.69, 9.17) is 0 Å². The van der Waals surface area contributed by atoms with E-state index in [0.717, 1.165) is 11.1 Å². The van der Waals surface area contributed by atoms with Gasteiger partial charge in [-0.1, -0.05) is 12.1 Å². The van der Waals surface area contributed by atoms with Gasteiger partial charge in [-0.25, -0.2) is 4.39 Å². The number of anilines is 1. The van der Waals surface area contributed by atoms with Gasteiger partial charge in [0, 0.05) is 17.5 Å². The molecule has 0 fully saturated rings. The molecule has 5 nitrogen and oxygen atoms in total. The number of thiophene rings is 1. The molecule has 0 spiro atoms. The Morgan fingerprint density at radius 1 is 1.04 bits per heavy atom. The van der Waals surface area contributed by atoms with Gasteiger partial charge in [0.05, 0.1) is 0 Å². The topological polar surface area (TPSA) is 55.1 Å². The zero-order chi connectivity index (χ0) is 15.6. The summed E-state index contributed by atoms with van der Waals surface area (Å²) < 4.78 is 14.6. The second-order valence-corrected chi connectivity index (χ2v) is 5.78. The van der Waals surface area contributed by atoms with E-state index in [9.17, 15) is 4.39 Å². The number of fused-ring (bicyclic) bond motifs is 1. The molecule has 114 valence electrons. The van der Waals surface area contributed by atoms with Crippen LogP contribution in [0.15, 0.2) is 53.2 Å². The summed E-state index contributed by atoms with van der Waals surface area (Å²) in [7, 11) is 0. The van der Waals surface area contributed by atoms with Gasteiger partial charge >= 0.3 is 0 Å². The predicted octanol–water partition coefficient (Wildman–Crippen LogP) is 3.60. The van der Waals surface area contributed by atoms with Crippen molar-refractivity contribution >= 4 is 22.8 Å². The molecule has 0 amide bonds. The molecule has 3 aromatic heterocycles. The summed E-state index contributed by atoms with van der Waals surface area (Å²) in [5.74, 6) is 1.18. The highest BCUT2D eigenvalue weighted by molar-refractivity contribution is 7.08. The summed E-state index contributed by atoms with van der Waals surface area (Å²) in [6.07, 6.45) is 0. The molecule has 0 aliphatic carbocycles. The molecule has 0 saturated carbocycles. The van der Waals surface area contributed by atoms with Crippen LogP contribution in [0.2, 0.25) is 0 Å². The molecule has 7 heteroatoms. The largest absolute Gasteiger partial charge is 0.365 e. The Kier molecular flexibility index (Phi) is 3.47. The number of hydrogen-bond donors (Lipinski definition) is 1. The van der Waals surface area contributed by atoms with Crippen LogP contribution in [0.25, 0.3) is 17.0 Å².